The molecular formula is C19H20BrClN2O4. The quantitative estimate of drug-likeness (QED) is 0.744. The van der Waals surface area contributed by atoms with Gasteiger partial charge in [0.1, 0.15) is 5.75 Å². The van der Waals surface area contributed by atoms with E-state index in [1.165, 1.54) is 6.26 Å². The van der Waals surface area contributed by atoms with Crippen LogP contribution in [0, 0.1) is 6.92 Å². The lowest BCUT2D eigenvalue weighted by Gasteiger charge is -2.33. The number of halogens is 2. The van der Waals surface area contributed by atoms with Gasteiger partial charge in [-0.05, 0) is 53.9 Å². The first-order chi connectivity index (χ1) is 13.0. The predicted octanol–water partition coefficient (Wildman–Crippen LogP) is 3.80. The number of carbonyl (C=O) groups is 2. The summed E-state index contributed by atoms with van der Waals surface area (Å²) in [5.74, 6) is 0.369. The molecule has 1 atom stereocenters. The summed E-state index contributed by atoms with van der Waals surface area (Å²) in [7, 11) is 0. The second-order valence-corrected chi connectivity index (χ2v) is 7.66. The van der Waals surface area contributed by atoms with Crippen molar-refractivity contribution in [2.45, 2.75) is 25.8 Å². The van der Waals surface area contributed by atoms with E-state index in [0.29, 0.717) is 34.1 Å². The Bertz CT molecular complexity index is 839. The van der Waals surface area contributed by atoms with Gasteiger partial charge in [0, 0.05) is 29.2 Å². The van der Waals surface area contributed by atoms with E-state index in [1.807, 2.05) is 6.92 Å². The van der Waals surface area contributed by atoms with E-state index < -0.39 is 0 Å². The minimum Gasteiger partial charge on any atom is -0.482 e. The molecule has 144 valence electrons. The molecule has 1 saturated heterocycles. The van der Waals surface area contributed by atoms with E-state index in [9.17, 15) is 9.59 Å². The first-order valence-electron chi connectivity index (χ1n) is 8.65. The minimum absolute atomic E-state index is 0.103. The van der Waals surface area contributed by atoms with E-state index >= 15 is 0 Å². The number of furan rings is 1. The Morgan fingerprint density at radius 3 is 2.96 bits per heavy atom. The van der Waals surface area contributed by atoms with Gasteiger partial charge in [0.25, 0.3) is 11.8 Å². The molecule has 8 heteroatoms. The zero-order chi connectivity index (χ0) is 19.4. The summed E-state index contributed by atoms with van der Waals surface area (Å²) < 4.78 is 11.5. The predicted molar refractivity (Wildman–Crippen MR) is 105 cm³/mol. The van der Waals surface area contributed by atoms with Crippen molar-refractivity contribution in [3.63, 3.8) is 0 Å². The molecule has 0 radical (unpaired) electrons. The molecule has 0 spiro atoms. The number of hydrogen-bond acceptors (Lipinski definition) is 4. The smallest absolute Gasteiger partial charge is 0.287 e. The molecule has 3 rings (SSSR count). The highest BCUT2D eigenvalue weighted by molar-refractivity contribution is 9.10. The molecule has 0 aliphatic carbocycles. The fourth-order valence-corrected chi connectivity index (χ4v) is 3.53. The van der Waals surface area contributed by atoms with Crippen LogP contribution in [0.5, 0.6) is 5.75 Å². The van der Waals surface area contributed by atoms with E-state index in [1.54, 1.807) is 29.2 Å². The zero-order valence-corrected chi connectivity index (χ0v) is 17.2. The van der Waals surface area contributed by atoms with Crippen LogP contribution in [-0.4, -0.2) is 42.5 Å². The minimum atomic E-state index is -0.256. The number of aryl methyl sites for hydroxylation is 1. The van der Waals surface area contributed by atoms with Gasteiger partial charge in [0.2, 0.25) is 0 Å². The highest BCUT2D eigenvalue weighted by Gasteiger charge is 2.26. The van der Waals surface area contributed by atoms with Crippen molar-refractivity contribution in [1.82, 2.24) is 10.2 Å². The van der Waals surface area contributed by atoms with Gasteiger partial charge in [-0.3, -0.25) is 9.59 Å². The van der Waals surface area contributed by atoms with Crippen molar-refractivity contribution < 1.29 is 18.7 Å². The van der Waals surface area contributed by atoms with Crippen LogP contribution < -0.4 is 10.1 Å². The maximum Gasteiger partial charge on any atom is 0.287 e. The van der Waals surface area contributed by atoms with Gasteiger partial charge >= 0.3 is 0 Å². The fraction of sp³-hybridized carbons (Fsp3) is 0.368. The van der Waals surface area contributed by atoms with Gasteiger partial charge in [-0.25, -0.2) is 0 Å². The monoisotopic (exact) mass is 454 g/mol. The number of hydrogen-bond donors (Lipinski definition) is 1. The van der Waals surface area contributed by atoms with Crippen molar-refractivity contribution in [2.75, 3.05) is 19.7 Å². The summed E-state index contributed by atoms with van der Waals surface area (Å²) in [5, 5.41) is 3.38. The van der Waals surface area contributed by atoms with Crippen molar-refractivity contribution in [1.29, 1.82) is 0 Å². The third-order valence-electron chi connectivity index (χ3n) is 4.44. The van der Waals surface area contributed by atoms with Crippen LogP contribution in [0.1, 0.15) is 29.0 Å². The number of carbonyl (C=O) groups excluding carboxylic acids is 2. The Labute approximate surface area is 170 Å². The van der Waals surface area contributed by atoms with Crippen LogP contribution in [0.3, 0.4) is 0 Å². The fourth-order valence-electron chi connectivity index (χ4n) is 3.00. The summed E-state index contributed by atoms with van der Waals surface area (Å²) in [6.07, 6.45) is 3.12. The van der Waals surface area contributed by atoms with Gasteiger partial charge in [-0.15, -0.1) is 0 Å². The van der Waals surface area contributed by atoms with Crippen molar-refractivity contribution in [3.8, 4) is 5.75 Å². The second-order valence-electron chi connectivity index (χ2n) is 6.43. The lowest BCUT2D eigenvalue weighted by molar-refractivity contribution is -0.134. The van der Waals surface area contributed by atoms with Crippen LogP contribution in [0.2, 0.25) is 5.02 Å². The molecule has 1 N–H and O–H groups in total. The van der Waals surface area contributed by atoms with Gasteiger partial charge in [-0.2, -0.15) is 0 Å². The second kappa shape index (κ2) is 8.80. The van der Waals surface area contributed by atoms with Gasteiger partial charge in [0.05, 0.1) is 11.3 Å². The summed E-state index contributed by atoms with van der Waals surface area (Å²) in [6, 6.07) is 6.93. The molecule has 1 aliphatic heterocycles. The number of nitrogens with one attached hydrogen (secondary N) is 1. The van der Waals surface area contributed by atoms with Crippen LogP contribution in [0.4, 0.5) is 0 Å². The molecule has 1 fully saturated rings. The topological polar surface area (TPSA) is 71.8 Å². The molecule has 6 nitrogen and oxygen atoms in total. The summed E-state index contributed by atoms with van der Waals surface area (Å²) in [6.45, 7) is 2.80. The summed E-state index contributed by atoms with van der Waals surface area (Å²) >= 11 is 9.48. The number of rotatable bonds is 5. The number of piperidine rings is 1. The molecular weight excluding hydrogens is 436 g/mol. The number of nitrogens with zero attached hydrogens (tertiary/aromatic N) is 1. The van der Waals surface area contributed by atoms with E-state index in [2.05, 4.69) is 21.2 Å². The molecule has 2 amide bonds. The lowest BCUT2D eigenvalue weighted by Crippen LogP contribution is -2.50. The largest absolute Gasteiger partial charge is 0.482 e. The highest BCUT2D eigenvalue weighted by Crippen LogP contribution is 2.31. The molecule has 1 unspecified atom stereocenters. The van der Waals surface area contributed by atoms with Crippen molar-refractivity contribution in [2.24, 2.45) is 0 Å². The number of ether oxygens (including phenoxy) is 1. The molecule has 1 aromatic heterocycles. The van der Waals surface area contributed by atoms with E-state index in [-0.39, 0.29) is 24.5 Å². The van der Waals surface area contributed by atoms with E-state index in [0.717, 1.165) is 18.4 Å². The van der Waals surface area contributed by atoms with Gasteiger partial charge in [-0.1, -0.05) is 17.7 Å². The third-order valence-corrected chi connectivity index (χ3v) is 5.72. The average Bonchev–Trinajstić information content (AvgIpc) is 3.09. The maximum absolute atomic E-state index is 12.5. The average molecular weight is 456 g/mol. The lowest BCUT2D eigenvalue weighted by atomic mass is 10.1. The number of amides is 2. The van der Waals surface area contributed by atoms with Crippen molar-refractivity contribution >= 4 is 39.3 Å². The highest BCUT2D eigenvalue weighted by atomic mass is 79.9. The molecule has 1 aliphatic rings. The number of likely N-dealkylation sites (tertiary alicyclic amines) is 1. The maximum atomic E-state index is 12.5. The Hall–Kier alpha value is -1.99. The molecule has 2 heterocycles. The molecule has 1 aromatic carbocycles. The first kappa shape index (κ1) is 19.8. The molecule has 27 heavy (non-hydrogen) atoms. The van der Waals surface area contributed by atoms with E-state index in [4.69, 9.17) is 20.8 Å². The standard InChI is InChI=1S/C19H20BrClN2O4/c1-12-7-9-26-18(12)19(25)22-13-4-3-8-23(10-13)16(24)11-27-15-6-2-5-14(20)17(15)21/h2,5-7,9,13H,3-4,8,10-11H2,1H3,(H,22,25). The third kappa shape index (κ3) is 4.84. The van der Waals surface area contributed by atoms with Crippen LogP contribution in [-0.2, 0) is 4.79 Å². The normalized spacial score (nSPS) is 16.9. The Morgan fingerprint density at radius 1 is 1.41 bits per heavy atom. The number of benzene rings is 1. The SMILES string of the molecule is Cc1ccoc1C(=O)NC1CCCN(C(=O)COc2cccc(Br)c2Cl)C1. The Balaban J connectivity index is 1.54. The Kier molecular flexibility index (Phi) is 6.44. The Morgan fingerprint density at radius 2 is 2.22 bits per heavy atom. The van der Waals surface area contributed by atoms with Crippen LogP contribution >= 0.6 is 27.5 Å². The van der Waals surface area contributed by atoms with Crippen molar-refractivity contribution in [3.05, 3.63) is 51.3 Å². The summed E-state index contributed by atoms with van der Waals surface area (Å²) in [5.41, 5.74) is 0.788. The van der Waals surface area contributed by atoms with Crippen LogP contribution in [0.15, 0.2) is 39.4 Å². The zero-order valence-electron chi connectivity index (χ0n) is 14.8. The molecule has 0 saturated carbocycles. The van der Waals surface area contributed by atoms with Gasteiger partial charge in [0.15, 0.2) is 12.4 Å². The van der Waals surface area contributed by atoms with Gasteiger partial charge < -0.3 is 19.4 Å². The molecule has 0 bridgehead atoms. The summed E-state index contributed by atoms with van der Waals surface area (Å²) in [4.78, 5) is 26.5. The van der Waals surface area contributed by atoms with Crippen LogP contribution in [0.25, 0.3) is 0 Å². The molecule has 2 aromatic rings. The first-order valence-corrected chi connectivity index (χ1v) is 9.82.